The van der Waals surface area contributed by atoms with Gasteiger partial charge < -0.3 is 11.1 Å². The van der Waals surface area contributed by atoms with Crippen molar-refractivity contribution in [3.8, 4) is 0 Å². The van der Waals surface area contributed by atoms with Crippen molar-refractivity contribution in [3.05, 3.63) is 0 Å². The third-order valence-electron chi connectivity index (χ3n) is 8.07. The summed E-state index contributed by atoms with van der Waals surface area (Å²) in [5, 5.41) is 7.02. The Bertz CT molecular complexity index is 648. The molecule has 0 rings (SSSR count). The second-order valence-electron chi connectivity index (χ2n) is 12.7. The summed E-state index contributed by atoms with van der Waals surface area (Å²) in [5.74, 6) is -0.172. The number of nitrogens with one attached hydrogen (secondary N) is 2. The predicted molar refractivity (Wildman–Crippen MR) is 160 cm³/mol. The van der Waals surface area contributed by atoms with E-state index in [1.54, 1.807) is 0 Å². The van der Waals surface area contributed by atoms with E-state index in [2.05, 4.69) is 77.8 Å². The Labute approximate surface area is 230 Å². The molecule has 220 valence electrons. The first-order chi connectivity index (χ1) is 17.2. The summed E-state index contributed by atoms with van der Waals surface area (Å²) in [6, 6.07) is -0.723. The van der Waals surface area contributed by atoms with Crippen LogP contribution >= 0.6 is 0 Å². The number of primary amides is 1. The van der Waals surface area contributed by atoms with E-state index >= 15 is 0 Å². The van der Waals surface area contributed by atoms with E-state index in [1.807, 2.05) is 6.92 Å². The molecule has 0 fully saturated rings. The van der Waals surface area contributed by atoms with Gasteiger partial charge in [0, 0.05) is 11.1 Å². The second kappa shape index (κ2) is 17.6. The minimum absolute atomic E-state index is 0.0169. The van der Waals surface area contributed by atoms with Crippen molar-refractivity contribution in [2.75, 3.05) is 13.1 Å². The molecule has 6 heteroatoms. The van der Waals surface area contributed by atoms with Crippen LogP contribution in [-0.4, -0.2) is 58.4 Å². The lowest BCUT2D eigenvalue weighted by Gasteiger charge is -2.47. The Morgan fingerprint density at radius 3 is 1.92 bits per heavy atom. The fourth-order valence-electron chi connectivity index (χ4n) is 5.44. The van der Waals surface area contributed by atoms with Crippen LogP contribution < -0.4 is 16.4 Å². The number of carbonyl (C=O) groups excluding carboxylic acids is 2. The first-order valence-electron chi connectivity index (χ1n) is 15.3. The SMILES string of the molecule is CCCCC(C)(N[C@H](CCCCCNC(C)(C)C)C(N)=O)C(=O)[C@@H](C)N(CCC)C(C)(CC)CCCC. The highest BCUT2D eigenvalue weighted by atomic mass is 16.1. The van der Waals surface area contributed by atoms with Crippen molar-refractivity contribution in [2.45, 2.75) is 175 Å². The normalized spacial score (nSPS) is 17.3. The number of amides is 1. The van der Waals surface area contributed by atoms with Crippen LogP contribution in [0.3, 0.4) is 0 Å². The Hall–Kier alpha value is -0.980. The standard InChI is InChI=1S/C31H64N4O2/c1-11-15-21-30(9,14-4)35(24-13-3)25(5)27(36)31(10,22-16-12-2)34-26(28(32)37)20-18-17-19-23-33-29(6,7)8/h25-26,33-34H,11-24H2,1-10H3,(H2,32,37)/t25-,26-,30?,31?/m1/s1. The van der Waals surface area contributed by atoms with Gasteiger partial charge in [-0.1, -0.05) is 66.2 Å². The third-order valence-corrected chi connectivity index (χ3v) is 8.07. The lowest BCUT2D eigenvalue weighted by atomic mass is 9.82. The van der Waals surface area contributed by atoms with Crippen molar-refractivity contribution in [2.24, 2.45) is 5.73 Å². The summed E-state index contributed by atoms with van der Waals surface area (Å²) < 4.78 is 0. The summed E-state index contributed by atoms with van der Waals surface area (Å²) in [4.78, 5) is 29.1. The summed E-state index contributed by atoms with van der Waals surface area (Å²) in [7, 11) is 0. The predicted octanol–water partition coefficient (Wildman–Crippen LogP) is 6.36. The molecule has 1 amide bonds. The van der Waals surface area contributed by atoms with Crippen LogP contribution in [-0.2, 0) is 9.59 Å². The summed E-state index contributed by atoms with van der Waals surface area (Å²) in [6.07, 6.45) is 11.7. The van der Waals surface area contributed by atoms with Crippen molar-refractivity contribution < 1.29 is 9.59 Å². The van der Waals surface area contributed by atoms with E-state index in [0.717, 1.165) is 77.3 Å². The molecule has 6 nitrogen and oxygen atoms in total. The molecule has 4 atom stereocenters. The number of nitrogens with zero attached hydrogens (tertiary/aromatic N) is 1. The van der Waals surface area contributed by atoms with Crippen LogP contribution in [0, 0.1) is 0 Å². The van der Waals surface area contributed by atoms with Gasteiger partial charge in [-0.25, -0.2) is 0 Å². The molecule has 0 heterocycles. The lowest BCUT2D eigenvalue weighted by Crippen LogP contribution is -2.64. The van der Waals surface area contributed by atoms with Gasteiger partial charge in [0.25, 0.3) is 0 Å². The number of ketones is 1. The topological polar surface area (TPSA) is 87.5 Å². The van der Waals surface area contributed by atoms with Gasteiger partial charge in [-0.2, -0.15) is 0 Å². The van der Waals surface area contributed by atoms with Crippen molar-refractivity contribution in [1.29, 1.82) is 0 Å². The summed E-state index contributed by atoms with van der Waals surface area (Å²) in [5.41, 5.74) is 5.18. The smallest absolute Gasteiger partial charge is 0.234 e. The van der Waals surface area contributed by atoms with E-state index in [9.17, 15) is 9.59 Å². The summed E-state index contributed by atoms with van der Waals surface area (Å²) in [6.45, 7) is 23.6. The van der Waals surface area contributed by atoms with Gasteiger partial charge in [-0.15, -0.1) is 0 Å². The fraction of sp³-hybridized carbons (Fsp3) is 0.935. The molecule has 37 heavy (non-hydrogen) atoms. The second-order valence-corrected chi connectivity index (χ2v) is 12.7. The van der Waals surface area contributed by atoms with Crippen LogP contribution in [0.15, 0.2) is 0 Å². The first kappa shape index (κ1) is 36.0. The number of unbranched alkanes of at least 4 members (excludes halogenated alkanes) is 4. The molecule has 0 aromatic rings. The average molecular weight is 525 g/mol. The first-order valence-corrected chi connectivity index (χ1v) is 15.3. The van der Waals surface area contributed by atoms with Crippen LogP contribution in [0.2, 0.25) is 0 Å². The van der Waals surface area contributed by atoms with E-state index in [1.165, 1.54) is 0 Å². The molecule has 0 aromatic heterocycles. The van der Waals surface area contributed by atoms with E-state index < -0.39 is 11.6 Å². The molecule has 0 bridgehead atoms. The molecule has 0 saturated carbocycles. The van der Waals surface area contributed by atoms with Gasteiger partial charge in [-0.3, -0.25) is 19.8 Å². The quantitative estimate of drug-likeness (QED) is 0.144. The largest absolute Gasteiger partial charge is 0.368 e. The number of hydrogen-bond donors (Lipinski definition) is 3. The minimum Gasteiger partial charge on any atom is -0.368 e. The van der Waals surface area contributed by atoms with Crippen LogP contribution in [0.5, 0.6) is 0 Å². The zero-order valence-electron chi connectivity index (χ0n) is 26.4. The molecular formula is C31H64N4O2. The van der Waals surface area contributed by atoms with Crippen molar-refractivity contribution >= 4 is 11.7 Å². The van der Waals surface area contributed by atoms with E-state index in [-0.39, 0.29) is 28.8 Å². The molecule has 0 aromatic carbocycles. The third kappa shape index (κ3) is 13.1. The highest BCUT2D eigenvalue weighted by Crippen LogP contribution is 2.31. The molecule has 4 N–H and O–H groups in total. The number of rotatable bonds is 22. The van der Waals surface area contributed by atoms with Crippen molar-refractivity contribution in [1.82, 2.24) is 15.5 Å². The molecule has 0 aliphatic carbocycles. The Balaban J connectivity index is 5.65. The molecule has 0 aliphatic heterocycles. The van der Waals surface area contributed by atoms with Crippen LogP contribution in [0.25, 0.3) is 0 Å². The number of Topliss-reactive ketones (excluding diaryl/α,β-unsaturated/α-hetero) is 1. The summed E-state index contributed by atoms with van der Waals surface area (Å²) >= 11 is 0. The zero-order chi connectivity index (χ0) is 28.7. The highest BCUT2D eigenvalue weighted by Gasteiger charge is 2.43. The van der Waals surface area contributed by atoms with Crippen LogP contribution in [0.4, 0.5) is 0 Å². The maximum absolute atomic E-state index is 14.2. The fourth-order valence-corrected chi connectivity index (χ4v) is 5.44. The van der Waals surface area contributed by atoms with Gasteiger partial charge in [0.1, 0.15) is 0 Å². The van der Waals surface area contributed by atoms with Gasteiger partial charge in [0.05, 0.1) is 17.6 Å². The highest BCUT2D eigenvalue weighted by molar-refractivity contribution is 5.93. The average Bonchev–Trinajstić information content (AvgIpc) is 2.84. The molecule has 2 unspecified atom stereocenters. The zero-order valence-corrected chi connectivity index (χ0v) is 26.4. The maximum Gasteiger partial charge on any atom is 0.234 e. The van der Waals surface area contributed by atoms with Gasteiger partial charge >= 0.3 is 0 Å². The number of nitrogens with two attached hydrogens (primary N) is 1. The maximum atomic E-state index is 14.2. The van der Waals surface area contributed by atoms with Gasteiger partial charge in [-0.05, 0) is 93.2 Å². The Kier molecular flexibility index (Phi) is 17.1. The molecule has 0 spiro atoms. The number of carbonyl (C=O) groups is 2. The van der Waals surface area contributed by atoms with E-state index in [0.29, 0.717) is 12.8 Å². The molecule has 0 radical (unpaired) electrons. The molecule has 0 aliphatic rings. The lowest BCUT2D eigenvalue weighted by molar-refractivity contribution is -0.134. The monoisotopic (exact) mass is 525 g/mol. The molecular weight excluding hydrogens is 460 g/mol. The minimum atomic E-state index is -0.783. The van der Waals surface area contributed by atoms with Gasteiger partial charge in [0.2, 0.25) is 5.91 Å². The van der Waals surface area contributed by atoms with Crippen LogP contribution in [0.1, 0.15) is 146 Å². The Morgan fingerprint density at radius 2 is 1.43 bits per heavy atom. The van der Waals surface area contributed by atoms with Crippen molar-refractivity contribution in [3.63, 3.8) is 0 Å². The van der Waals surface area contributed by atoms with Gasteiger partial charge in [0.15, 0.2) is 5.78 Å². The van der Waals surface area contributed by atoms with E-state index in [4.69, 9.17) is 5.73 Å². The number of hydrogen-bond acceptors (Lipinski definition) is 5. The molecule has 0 saturated heterocycles. The Morgan fingerprint density at radius 1 is 0.838 bits per heavy atom.